The van der Waals surface area contributed by atoms with Gasteiger partial charge in [0.15, 0.2) is 0 Å². The van der Waals surface area contributed by atoms with E-state index in [1.54, 1.807) is 0 Å². The van der Waals surface area contributed by atoms with E-state index in [1.165, 1.54) is 6.92 Å². The number of aliphatic hydroxyl groups excluding tert-OH is 1. The molecule has 14 heavy (non-hydrogen) atoms. The summed E-state index contributed by atoms with van der Waals surface area (Å²) in [4.78, 5) is 22.0. The predicted octanol–water partition coefficient (Wildman–Crippen LogP) is -0.600. The Morgan fingerprint density at radius 2 is 1.86 bits per heavy atom. The van der Waals surface area contributed by atoms with Crippen molar-refractivity contribution in [2.75, 3.05) is 13.1 Å². The minimum absolute atomic E-state index is 0.0973. The zero-order valence-corrected chi connectivity index (χ0v) is 8.67. The van der Waals surface area contributed by atoms with E-state index in [2.05, 4.69) is 10.6 Å². The minimum atomic E-state index is -0.693. The molecule has 0 spiro atoms. The lowest BCUT2D eigenvalue weighted by molar-refractivity contribution is -0.139. The van der Waals surface area contributed by atoms with Gasteiger partial charge in [0.1, 0.15) is 0 Å². The van der Waals surface area contributed by atoms with Gasteiger partial charge >= 0.3 is 11.8 Å². The number of hydrogen-bond donors (Lipinski definition) is 3. The van der Waals surface area contributed by atoms with Gasteiger partial charge in [-0.05, 0) is 13.3 Å². The molecule has 2 amide bonds. The van der Waals surface area contributed by atoms with Crippen LogP contribution in [0.3, 0.4) is 0 Å². The van der Waals surface area contributed by atoms with Crippen LogP contribution in [0.4, 0.5) is 0 Å². The molecule has 0 aromatic rings. The lowest BCUT2D eigenvalue weighted by atomic mass is 10.3. The Bertz CT molecular complexity index is 192. The first-order valence-electron chi connectivity index (χ1n) is 4.82. The van der Waals surface area contributed by atoms with E-state index in [1.807, 2.05) is 6.92 Å². The van der Waals surface area contributed by atoms with Crippen LogP contribution in [-0.4, -0.2) is 36.1 Å². The molecule has 0 saturated heterocycles. The summed E-state index contributed by atoms with van der Waals surface area (Å²) in [7, 11) is 0. The number of rotatable bonds is 5. The van der Waals surface area contributed by atoms with Crippen LogP contribution in [0.2, 0.25) is 0 Å². The van der Waals surface area contributed by atoms with E-state index < -0.39 is 17.9 Å². The monoisotopic (exact) mass is 202 g/mol. The molecule has 0 aromatic carbocycles. The fourth-order valence-electron chi connectivity index (χ4n) is 0.780. The molecule has 5 heteroatoms. The highest BCUT2D eigenvalue weighted by atomic mass is 16.3. The van der Waals surface area contributed by atoms with Gasteiger partial charge in [-0.1, -0.05) is 13.3 Å². The van der Waals surface area contributed by atoms with Crippen molar-refractivity contribution in [2.45, 2.75) is 32.8 Å². The molecule has 0 heterocycles. The fraction of sp³-hybridized carbons (Fsp3) is 0.778. The summed E-state index contributed by atoms with van der Waals surface area (Å²) in [6, 6.07) is 0. The second kappa shape index (κ2) is 7.32. The number of hydrogen-bond acceptors (Lipinski definition) is 3. The van der Waals surface area contributed by atoms with Gasteiger partial charge in [-0.3, -0.25) is 9.59 Å². The Morgan fingerprint density at radius 3 is 2.36 bits per heavy atom. The first-order valence-corrected chi connectivity index (χ1v) is 4.82. The standard InChI is InChI=1S/C9H18N2O3/c1-3-4-5-10-8(13)9(14)11-6-7(2)12/h7,12H,3-6H2,1-2H3,(H,10,13)(H,11,14). The molecule has 0 fully saturated rings. The number of aliphatic hydroxyl groups is 1. The summed E-state index contributed by atoms with van der Waals surface area (Å²) < 4.78 is 0. The third-order valence-electron chi connectivity index (χ3n) is 1.58. The second-order valence-electron chi connectivity index (χ2n) is 3.17. The van der Waals surface area contributed by atoms with Crippen LogP contribution in [0.1, 0.15) is 26.7 Å². The number of carbonyl (C=O) groups excluding carboxylic acids is 2. The molecule has 0 aliphatic heterocycles. The molecular weight excluding hydrogens is 184 g/mol. The molecule has 82 valence electrons. The van der Waals surface area contributed by atoms with Crippen molar-refractivity contribution in [3.63, 3.8) is 0 Å². The fourth-order valence-corrected chi connectivity index (χ4v) is 0.780. The van der Waals surface area contributed by atoms with Crippen LogP contribution < -0.4 is 10.6 Å². The topological polar surface area (TPSA) is 78.4 Å². The highest BCUT2D eigenvalue weighted by Gasteiger charge is 2.12. The molecule has 0 aliphatic carbocycles. The van der Waals surface area contributed by atoms with Crippen molar-refractivity contribution < 1.29 is 14.7 Å². The van der Waals surface area contributed by atoms with Crippen molar-refractivity contribution in [1.29, 1.82) is 0 Å². The van der Waals surface area contributed by atoms with Gasteiger partial charge in [-0.25, -0.2) is 0 Å². The van der Waals surface area contributed by atoms with Gasteiger partial charge in [-0.2, -0.15) is 0 Å². The molecule has 0 aromatic heterocycles. The summed E-state index contributed by atoms with van der Waals surface area (Å²) in [5, 5.41) is 13.6. The smallest absolute Gasteiger partial charge is 0.309 e. The molecule has 0 saturated carbocycles. The Hall–Kier alpha value is -1.10. The van der Waals surface area contributed by atoms with Gasteiger partial charge in [0.2, 0.25) is 0 Å². The van der Waals surface area contributed by atoms with Gasteiger partial charge < -0.3 is 15.7 Å². The van der Waals surface area contributed by atoms with Crippen LogP contribution in [0.25, 0.3) is 0 Å². The van der Waals surface area contributed by atoms with Crippen molar-refractivity contribution in [3.8, 4) is 0 Å². The molecule has 0 rings (SSSR count). The predicted molar refractivity (Wildman–Crippen MR) is 52.6 cm³/mol. The van der Waals surface area contributed by atoms with Crippen LogP contribution >= 0.6 is 0 Å². The maximum absolute atomic E-state index is 11.0. The molecule has 0 aliphatic rings. The van der Waals surface area contributed by atoms with Crippen LogP contribution in [0, 0.1) is 0 Å². The summed E-state index contributed by atoms with van der Waals surface area (Å²) in [6.07, 6.45) is 1.19. The van der Waals surface area contributed by atoms with E-state index >= 15 is 0 Å². The van der Waals surface area contributed by atoms with Gasteiger partial charge in [-0.15, -0.1) is 0 Å². The Kier molecular flexibility index (Phi) is 6.74. The number of nitrogens with one attached hydrogen (secondary N) is 2. The minimum Gasteiger partial charge on any atom is -0.392 e. The summed E-state index contributed by atoms with van der Waals surface area (Å²) in [5.74, 6) is -1.33. The second-order valence-corrected chi connectivity index (χ2v) is 3.17. The van der Waals surface area contributed by atoms with Crippen LogP contribution in [0.5, 0.6) is 0 Å². The lowest BCUT2D eigenvalue weighted by Crippen LogP contribution is -2.42. The largest absolute Gasteiger partial charge is 0.392 e. The average molecular weight is 202 g/mol. The highest BCUT2D eigenvalue weighted by molar-refractivity contribution is 6.35. The molecule has 3 N–H and O–H groups in total. The first kappa shape index (κ1) is 12.9. The van der Waals surface area contributed by atoms with Gasteiger partial charge in [0.25, 0.3) is 0 Å². The quantitative estimate of drug-likeness (QED) is 0.411. The Labute approximate surface area is 83.9 Å². The third kappa shape index (κ3) is 6.42. The first-order chi connectivity index (χ1) is 6.57. The van der Waals surface area contributed by atoms with E-state index in [4.69, 9.17) is 5.11 Å². The highest BCUT2D eigenvalue weighted by Crippen LogP contribution is 1.82. The average Bonchev–Trinajstić information content (AvgIpc) is 2.14. The van der Waals surface area contributed by atoms with Gasteiger partial charge in [0, 0.05) is 13.1 Å². The lowest BCUT2D eigenvalue weighted by Gasteiger charge is -2.07. The summed E-state index contributed by atoms with van der Waals surface area (Å²) in [5.41, 5.74) is 0. The van der Waals surface area contributed by atoms with Crippen LogP contribution in [-0.2, 0) is 9.59 Å². The van der Waals surface area contributed by atoms with Gasteiger partial charge in [0.05, 0.1) is 6.10 Å². The third-order valence-corrected chi connectivity index (χ3v) is 1.58. The molecular formula is C9H18N2O3. The zero-order chi connectivity index (χ0) is 11.0. The molecule has 0 radical (unpaired) electrons. The van der Waals surface area contributed by atoms with E-state index in [0.29, 0.717) is 6.54 Å². The maximum Gasteiger partial charge on any atom is 0.309 e. The van der Waals surface area contributed by atoms with Crippen LogP contribution in [0.15, 0.2) is 0 Å². The maximum atomic E-state index is 11.0. The summed E-state index contributed by atoms with van der Waals surface area (Å²) >= 11 is 0. The van der Waals surface area contributed by atoms with E-state index in [9.17, 15) is 9.59 Å². The number of unbranched alkanes of at least 4 members (excludes halogenated alkanes) is 1. The van der Waals surface area contributed by atoms with E-state index in [0.717, 1.165) is 12.8 Å². The SMILES string of the molecule is CCCCNC(=O)C(=O)NCC(C)O. The van der Waals surface area contributed by atoms with E-state index in [-0.39, 0.29) is 6.54 Å². The normalized spacial score (nSPS) is 11.9. The molecule has 5 nitrogen and oxygen atoms in total. The number of carbonyl (C=O) groups is 2. The van der Waals surface area contributed by atoms with Crippen molar-refractivity contribution in [1.82, 2.24) is 10.6 Å². The molecule has 0 bridgehead atoms. The number of amides is 2. The Balaban J connectivity index is 3.60. The summed E-state index contributed by atoms with van der Waals surface area (Å²) in [6.45, 7) is 4.15. The molecule has 1 atom stereocenters. The zero-order valence-electron chi connectivity index (χ0n) is 8.67. The van der Waals surface area contributed by atoms with Crippen molar-refractivity contribution in [3.05, 3.63) is 0 Å². The molecule has 1 unspecified atom stereocenters. The Morgan fingerprint density at radius 1 is 1.29 bits per heavy atom. The van der Waals surface area contributed by atoms with Crippen molar-refractivity contribution in [2.24, 2.45) is 0 Å². The van der Waals surface area contributed by atoms with Crippen molar-refractivity contribution >= 4 is 11.8 Å².